The Morgan fingerprint density at radius 1 is 1.30 bits per heavy atom. The Morgan fingerprint density at radius 2 is 2.19 bits per heavy atom. The maximum atomic E-state index is 13.6. The first-order chi connectivity index (χ1) is 13.1. The second kappa shape index (κ2) is 7.40. The molecule has 140 valence electrons. The van der Waals surface area contributed by atoms with Crippen molar-refractivity contribution in [2.75, 3.05) is 19.6 Å². The van der Waals surface area contributed by atoms with Gasteiger partial charge in [0.2, 0.25) is 5.91 Å². The maximum Gasteiger partial charge on any atom is 0.231 e. The van der Waals surface area contributed by atoms with E-state index in [0.717, 1.165) is 38.0 Å². The number of piperidine rings is 1. The molecular weight excluding hydrogens is 347 g/mol. The molecule has 4 heterocycles. The number of halogens is 1. The van der Waals surface area contributed by atoms with Crippen molar-refractivity contribution < 1.29 is 9.18 Å². The average molecular weight is 368 g/mol. The number of hydrogen-bond donors (Lipinski definition) is 1. The molecule has 1 aliphatic rings. The molecule has 1 amide bonds. The zero-order valence-electron chi connectivity index (χ0n) is 14.9. The fourth-order valence-corrected chi connectivity index (χ4v) is 3.73. The number of amides is 1. The number of imidazole rings is 1. The Kier molecular flexibility index (Phi) is 4.81. The van der Waals surface area contributed by atoms with Gasteiger partial charge in [0.05, 0.1) is 12.7 Å². The number of nitrogens with zero attached hydrogens (tertiary/aromatic N) is 5. The standard InChI is InChI=1S/C19H21FN6O/c20-14-3-4-18-23-9-16(26(18)11-14)19-22-6-5-15(24-19)8-13-2-1-7-25(10-13)12-17(21)27/h3-6,9,11,13H,1-2,7-8,10,12H2,(H2,21,27)/t13-/m0/s1. The number of nitrogens with two attached hydrogens (primary N) is 1. The van der Waals surface area contributed by atoms with Crippen LogP contribution in [0.25, 0.3) is 17.2 Å². The number of carbonyl (C=O) groups excluding carboxylic acids is 1. The molecule has 7 nitrogen and oxygen atoms in total. The van der Waals surface area contributed by atoms with Gasteiger partial charge in [-0.2, -0.15) is 0 Å². The van der Waals surface area contributed by atoms with Crippen LogP contribution < -0.4 is 5.73 Å². The predicted octanol–water partition coefficient (Wildman–Crippen LogP) is 1.67. The lowest BCUT2D eigenvalue weighted by molar-refractivity contribution is -0.119. The molecule has 4 rings (SSSR count). The molecule has 3 aromatic rings. The maximum absolute atomic E-state index is 13.6. The first-order valence-corrected chi connectivity index (χ1v) is 9.04. The zero-order chi connectivity index (χ0) is 18.8. The third-order valence-corrected chi connectivity index (χ3v) is 4.89. The lowest BCUT2D eigenvalue weighted by Gasteiger charge is -2.31. The van der Waals surface area contributed by atoms with E-state index in [1.54, 1.807) is 22.9 Å². The number of pyridine rings is 1. The first-order valence-electron chi connectivity index (χ1n) is 9.04. The fourth-order valence-electron chi connectivity index (χ4n) is 3.73. The number of carbonyl (C=O) groups is 1. The van der Waals surface area contributed by atoms with Gasteiger partial charge in [0.25, 0.3) is 0 Å². The van der Waals surface area contributed by atoms with Gasteiger partial charge >= 0.3 is 0 Å². The van der Waals surface area contributed by atoms with E-state index in [0.29, 0.717) is 29.6 Å². The van der Waals surface area contributed by atoms with Gasteiger partial charge in [-0.3, -0.25) is 14.1 Å². The van der Waals surface area contributed by atoms with E-state index in [-0.39, 0.29) is 11.7 Å². The number of rotatable bonds is 5. The molecule has 0 saturated carbocycles. The molecule has 0 bridgehead atoms. The second-order valence-electron chi connectivity index (χ2n) is 7.00. The van der Waals surface area contributed by atoms with Crippen molar-refractivity contribution in [3.8, 4) is 11.5 Å². The highest BCUT2D eigenvalue weighted by atomic mass is 19.1. The number of aromatic nitrogens is 4. The van der Waals surface area contributed by atoms with Crippen molar-refractivity contribution in [2.24, 2.45) is 11.7 Å². The highest BCUT2D eigenvalue weighted by Crippen LogP contribution is 2.22. The van der Waals surface area contributed by atoms with Crippen LogP contribution >= 0.6 is 0 Å². The summed E-state index contributed by atoms with van der Waals surface area (Å²) in [4.78, 5) is 26.6. The molecule has 1 fully saturated rings. The van der Waals surface area contributed by atoms with Gasteiger partial charge in [-0.1, -0.05) is 0 Å². The van der Waals surface area contributed by atoms with Crippen LogP contribution in [0.1, 0.15) is 18.5 Å². The summed E-state index contributed by atoms with van der Waals surface area (Å²) in [5.74, 6) is 0.311. The van der Waals surface area contributed by atoms with Crippen LogP contribution in [-0.4, -0.2) is 49.8 Å². The van der Waals surface area contributed by atoms with Crippen LogP contribution in [0.2, 0.25) is 0 Å². The summed E-state index contributed by atoms with van der Waals surface area (Å²) in [5.41, 5.74) is 7.55. The normalized spacial score (nSPS) is 18.0. The van der Waals surface area contributed by atoms with Gasteiger partial charge in [-0.15, -0.1) is 0 Å². The highest BCUT2D eigenvalue weighted by molar-refractivity contribution is 5.75. The lowest BCUT2D eigenvalue weighted by atomic mass is 9.93. The van der Waals surface area contributed by atoms with Crippen LogP contribution in [0.3, 0.4) is 0 Å². The summed E-state index contributed by atoms with van der Waals surface area (Å²) in [6.07, 6.45) is 7.70. The predicted molar refractivity (Wildman–Crippen MR) is 98.2 cm³/mol. The molecular formula is C19H21FN6O. The molecule has 0 aliphatic carbocycles. The lowest BCUT2D eigenvalue weighted by Crippen LogP contribution is -2.41. The summed E-state index contributed by atoms with van der Waals surface area (Å²) >= 11 is 0. The minimum Gasteiger partial charge on any atom is -0.369 e. The minimum absolute atomic E-state index is 0.292. The van der Waals surface area contributed by atoms with Crippen molar-refractivity contribution in [3.63, 3.8) is 0 Å². The van der Waals surface area contributed by atoms with Gasteiger partial charge in [0.1, 0.15) is 17.2 Å². The second-order valence-corrected chi connectivity index (χ2v) is 7.00. The number of hydrogen-bond acceptors (Lipinski definition) is 5. The first kappa shape index (κ1) is 17.5. The highest BCUT2D eigenvalue weighted by Gasteiger charge is 2.22. The van der Waals surface area contributed by atoms with Gasteiger partial charge in [-0.25, -0.2) is 19.3 Å². The van der Waals surface area contributed by atoms with E-state index in [1.165, 1.54) is 12.3 Å². The number of likely N-dealkylation sites (tertiary alicyclic amines) is 1. The van der Waals surface area contributed by atoms with Crippen LogP contribution in [0.4, 0.5) is 4.39 Å². The van der Waals surface area contributed by atoms with Gasteiger partial charge in [0, 0.05) is 24.6 Å². The van der Waals surface area contributed by atoms with Crippen LogP contribution in [-0.2, 0) is 11.2 Å². The Hall–Kier alpha value is -2.87. The average Bonchev–Trinajstić information content (AvgIpc) is 3.05. The molecule has 0 aromatic carbocycles. The minimum atomic E-state index is -0.338. The summed E-state index contributed by atoms with van der Waals surface area (Å²) in [6, 6.07) is 4.91. The molecule has 1 aliphatic heterocycles. The van der Waals surface area contributed by atoms with Crippen molar-refractivity contribution in [1.29, 1.82) is 0 Å². The van der Waals surface area contributed by atoms with Crippen molar-refractivity contribution in [3.05, 3.63) is 48.3 Å². The largest absolute Gasteiger partial charge is 0.369 e. The summed E-state index contributed by atoms with van der Waals surface area (Å²) in [6.45, 7) is 2.05. The SMILES string of the molecule is NC(=O)CN1CCC[C@@H](Cc2ccnc(-c3cnc4ccc(F)cn34)n2)C1. The van der Waals surface area contributed by atoms with E-state index in [9.17, 15) is 9.18 Å². The molecule has 8 heteroatoms. The van der Waals surface area contributed by atoms with Crippen molar-refractivity contribution in [1.82, 2.24) is 24.3 Å². The number of primary amides is 1. The molecule has 27 heavy (non-hydrogen) atoms. The van der Waals surface area contributed by atoms with Crippen LogP contribution in [0.15, 0.2) is 36.8 Å². The molecule has 3 aromatic heterocycles. The molecule has 1 saturated heterocycles. The Morgan fingerprint density at radius 3 is 3.04 bits per heavy atom. The molecule has 2 N–H and O–H groups in total. The molecule has 0 unspecified atom stereocenters. The summed E-state index contributed by atoms with van der Waals surface area (Å²) in [7, 11) is 0. The van der Waals surface area contributed by atoms with E-state index in [4.69, 9.17) is 5.73 Å². The fraction of sp³-hybridized carbons (Fsp3) is 0.368. The van der Waals surface area contributed by atoms with E-state index < -0.39 is 0 Å². The Balaban J connectivity index is 1.54. The topological polar surface area (TPSA) is 89.4 Å². The Bertz CT molecular complexity index is 972. The Labute approximate surface area is 156 Å². The van der Waals surface area contributed by atoms with Crippen LogP contribution in [0, 0.1) is 11.7 Å². The number of fused-ring (bicyclic) bond motifs is 1. The summed E-state index contributed by atoms with van der Waals surface area (Å²) < 4.78 is 15.3. The molecule has 1 atom stereocenters. The third-order valence-electron chi connectivity index (χ3n) is 4.89. The van der Waals surface area contributed by atoms with Crippen LogP contribution in [0.5, 0.6) is 0 Å². The summed E-state index contributed by atoms with van der Waals surface area (Å²) in [5, 5.41) is 0. The van der Waals surface area contributed by atoms with Gasteiger partial charge in [0.15, 0.2) is 5.82 Å². The van der Waals surface area contributed by atoms with Crippen molar-refractivity contribution in [2.45, 2.75) is 19.3 Å². The third kappa shape index (κ3) is 3.95. The van der Waals surface area contributed by atoms with E-state index >= 15 is 0 Å². The monoisotopic (exact) mass is 368 g/mol. The molecule has 0 spiro atoms. The zero-order valence-corrected chi connectivity index (χ0v) is 14.9. The van der Waals surface area contributed by atoms with Gasteiger partial charge in [-0.05, 0) is 49.9 Å². The quantitative estimate of drug-likeness (QED) is 0.740. The van der Waals surface area contributed by atoms with Gasteiger partial charge < -0.3 is 5.73 Å². The molecule has 0 radical (unpaired) electrons. The smallest absolute Gasteiger partial charge is 0.231 e. The van der Waals surface area contributed by atoms with Crippen molar-refractivity contribution >= 4 is 11.6 Å². The van der Waals surface area contributed by atoms with E-state index in [2.05, 4.69) is 19.9 Å². The van der Waals surface area contributed by atoms with E-state index in [1.807, 2.05) is 6.07 Å².